The molecule has 3 rings (SSSR count). The smallest absolute Gasteiger partial charge is 0.304 e. The van der Waals surface area contributed by atoms with Gasteiger partial charge in [-0.3, -0.25) is 14.5 Å². The van der Waals surface area contributed by atoms with Gasteiger partial charge in [0.05, 0.1) is 12.1 Å². The average Bonchev–Trinajstić information content (AvgIpc) is 2.71. The fourth-order valence-electron chi connectivity index (χ4n) is 4.02. The van der Waals surface area contributed by atoms with Gasteiger partial charge in [0.2, 0.25) is 5.91 Å². The first-order valence-electron chi connectivity index (χ1n) is 11.2. The van der Waals surface area contributed by atoms with Gasteiger partial charge in [-0.05, 0) is 36.2 Å². The molecule has 172 valence electrons. The number of amides is 1. The lowest BCUT2D eigenvalue weighted by atomic mass is 9.85. The van der Waals surface area contributed by atoms with E-state index in [0.29, 0.717) is 0 Å². The van der Waals surface area contributed by atoms with E-state index in [1.807, 2.05) is 67.6 Å². The summed E-state index contributed by atoms with van der Waals surface area (Å²) in [4.78, 5) is 27.3. The second-order valence-electron chi connectivity index (χ2n) is 10.1. The van der Waals surface area contributed by atoms with E-state index in [2.05, 4.69) is 33.9 Å². The largest absolute Gasteiger partial charge is 0.441 e. The molecule has 1 aliphatic heterocycles. The molecule has 1 heterocycles. The number of hydrogen-bond donors (Lipinski definition) is 0. The molecular formula is C26H35NO4Si. The highest BCUT2D eigenvalue weighted by atomic mass is 28.4. The maximum Gasteiger partial charge on any atom is 0.304 e. The molecule has 6 heteroatoms. The lowest BCUT2D eigenvalue weighted by Crippen LogP contribution is -2.67. The monoisotopic (exact) mass is 453 g/mol. The van der Waals surface area contributed by atoms with Crippen LogP contribution < -0.4 is 0 Å². The molecular weight excluding hydrogens is 418 g/mol. The molecule has 0 N–H and O–H groups in total. The minimum Gasteiger partial charge on any atom is -0.441 e. The number of carbonyl (C=O) groups is 2. The molecule has 0 aliphatic carbocycles. The summed E-state index contributed by atoms with van der Waals surface area (Å²) in [7, 11) is -2.10. The number of nitrogens with zero attached hydrogens (tertiary/aromatic N) is 1. The van der Waals surface area contributed by atoms with E-state index in [-0.39, 0.29) is 23.1 Å². The first-order chi connectivity index (χ1) is 14.9. The van der Waals surface area contributed by atoms with Gasteiger partial charge in [0.25, 0.3) is 0 Å². The summed E-state index contributed by atoms with van der Waals surface area (Å²) in [6.45, 7) is 14.2. The standard InChI is InChI=1S/C26H35NO4Si/c1-18(31-32(6,7)26(3,4)5)22-24(29)27(25(22)30-19(2)28)23(20-14-10-8-11-15-20)21-16-12-9-13-17-21/h8-18,22-23,25H,1-7H3/t18-,22+,25-/m1/s1. The normalized spacial score (nSPS) is 20.1. The molecule has 1 amide bonds. The predicted octanol–water partition coefficient (Wildman–Crippen LogP) is 5.53. The van der Waals surface area contributed by atoms with Crippen molar-refractivity contribution in [1.82, 2.24) is 4.90 Å². The van der Waals surface area contributed by atoms with E-state index in [1.54, 1.807) is 4.90 Å². The van der Waals surface area contributed by atoms with E-state index in [0.717, 1.165) is 11.1 Å². The lowest BCUT2D eigenvalue weighted by Gasteiger charge is -2.52. The maximum absolute atomic E-state index is 13.6. The number of ether oxygens (including phenoxy) is 1. The first kappa shape index (κ1) is 24.2. The molecule has 5 nitrogen and oxygen atoms in total. The molecule has 0 radical (unpaired) electrons. The molecule has 0 bridgehead atoms. The Balaban J connectivity index is 1.96. The fraction of sp³-hybridized carbons (Fsp3) is 0.462. The Kier molecular flexibility index (Phi) is 6.96. The fourth-order valence-corrected chi connectivity index (χ4v) is 5.45. The molecule has 1 fully saturated rings. The van der Waals surface area contributed by atoms with E-state index in [9.17, 15) is 9.59 Å². The van der Waals surface area contributed by atoms with Crippen molar-refractivity contribution in [3.05, 3.63) is 71.8 Å². The SMILES string of the molecule is CC(=O)O[C@@H]1[C@@H]([C@@H](C)O[Si](C)(C)C(C)(C)C)C(=O)N1C(c1ccccc1)c1ccccc1. The Bertz CT molecular complexity index is 900. The zero-order valence-electron chi connectivity index (χ0n) is 20.2. The molecule has 2 aromatic rings. The first-order valence-corrected chi connectivity index (χ1v) is 14.1. The molecule has 1 saturated heterocycles. The second-order valence-corrected chi connectivity index (χ2v) is 14.8. The van der Waals surface area contributed by atoms with Gasteiger partial charge < -0.3 is 9.16 Å². The van der Waals surface area contributed by atoms with Gasteiger partial charge in [-0.25, -0.2) is 0 Å². The molecule has 0 saturated carbocycles. The van der Waals surface area contributed by atoms with Crippen LogP contribution in [0, 0.1) is 5.92 Å². The van der Waals surface area contributed by atoms with Crippen molar-refractivity contribution in [2.75, 3.05) is 0 Å². The molecule has 2 aromatic carbocycles. The van der Waals surface area contributed by atoms with Gasteiger partial charge in [-0.2, -0.15) is 0 Å². The van der Waals surface area contributed by atoms with Crippen molar-refractivity contribution in [2.24, 2.45) is 5.92 Å². The van der Waals surface area contributed by atoms with Gasteiger partial charge in [0.1, 0.15) is 5.92 Å². The Morgan fingerprint density at radius 3 is 1.84 bits per heavy atom. The van der Waals surface area contributed by atoms with Gasteiger partial charge >= 0.3 is 5.97 Å². The van der Waals surface area contributed by atoms with Crippen LogP contribution in [0.4, 0.5) is 0 Å². The summed E-state index contributed by atoms with van der Waals surface area (Å²) >= 11 is 0. The number of likely N-dealkylation sites (tertiary alicyclic amines) is 1. The Morgan fingerprint density at radius 1 is 0.969 bits per heavy atom. The molecule has 1 aliphatic rings. The highest BCUT2D eigenvalue weighted by Gasteiger charge is 2.57. The maximum atomic E-state index is 13.6. The van der Waals surface area contributed by atoms with Gasteiger partial charge in [-0.15, -0.1) is 0 Å². The highest BCUT2D eigenvalue weighted by Crippen LogP contribution is 2.44. The van der Waals surface area contributed by atoms with E-state index in [4.69, 9.17) is 9.16 Å². The summed E-state index contributed by atoms with van der Waals surface area (Å²) in [5, 5.41) is 0.0152. The van der Waals surface area contributed by atoms with Crippen LogP contribution in [0.5, 0.6) is 0 Å². The van der Waals surface area contributed by atoms with Crippen LogP contribution in [0.15, 0.2) is 60.7 Å². The van der Waals surface area contributed by atoms with Crippen molar-refractivity contribution >= 4 is 20.2 Å². The van der Waals surface area contributed by atoms with Gasteiger partial charge in [0.15, 0.2) is 14.5 Å². The molecule has 0 spiro atoms. The zero-order chi connectivity index (χ0) is 23.7. The van der Waals surface area contributed by atoms with E-state index >= 15 is 0 Å². The summed E-state index contributed by atoms with van der Waals surface area (Å²) < 4.78 is 12.3. The summed E-state index contributed by atoms with van der Waals surface area (Å²) in [6, 6.07) is 19.4. The van der Waals surface area contributed by atoms with Crippen molar-refractivity contribution in [2.45, 2.75) is 71.1 Å². The second kappa shape index (κ2) is 9.20. The number of esters is 1. The molecule has 0 unspecified atom stereocenters. The van der Waals surface area contributed by atoms with Crippen molar-refractivity contribution < 1.29 is 18.8 Å². The van der Waals surface area contributed by atoms with Crippen LogP contribution in [0.2, 0.25) is 18.1 Å². The topological polar surface area (TPSA) is 55.8 Å². The third kappa shape index (κ3) is 4.81. The number of β-lactam (4-membered cyclic amide) rings is 1. The average molecular weight is 454 g/mol. The zero-order valence-corrected chi connectivity index (χ0v) is 21.2. The van der Waals surface area contributed by atoms with Crippen molar-refractivity contribution in [3.63, 3.8) is 0 Å². The minimum atomic E-state index is -2.10. The Labute approximate surface area is 192 Å². The van der Waals surface area contributed by atoms with Crippen LogP contribution in [-0.4, -0.2) is 37.4 Å². The van der Waals surface area contributed by atoms with Crippen LogP contribution >= 0.6 is 0 Å². The van der Waals surface area contributed by atoms with Crippen molar-refractivity contribution in [1.29, 1.82) is 0 Å². The molecule has 0 aromatic heterocycles. The minimum absolute atomic E-state index is 0.0152. The van der Waals surface area contributed by atoms with Gasteiger partial charge in [0, 0.05) is 6.92 Å². The predicted molar refractivity (Wildman–Crippen MR) is 128 cm³/mol. The number of rotatable bonds is 7. The highest BCUT2D eigenvalue weighted by molar-refractivity contribution is 6.74. The Morgan fingerprint density at radius 2 is 1.44 bits per heavy atom. The Hall–Kier alpha value is -2.44. The van der Waals surface area contributed by atoms with Crippen LogP contribution in [-0.2, 0) is 18.8 Å². The van der Waals surface area contributed by atoms with Crippen molar-refractivity contribution in [3.8, 4) is 0 Å². The number of hydrogen-bond acceptors (Lipinski definition) is 4. The molecule has 3 atom stereocenters. The van der Waals surface area contributed by atoms with E-state index < -0.39 is 26.4 Å². The quantitative estimate of drug-likeness (QED) is 0.314. The lowest BCUT2D eigenvalue weighted by molar-refractivity contribution is -0.211. The third-order valence-electron chi connectivity index (χ3n) is 6.71. The van der Waals surface area contributed by atoms with E-state index in [1.165, 1.54) is 6.92 Å². The van der Waals surface area contributed by atoms with Crippen LogP contribution in [0.3, 0.4) is 0 Å². The number of benzene rings is 2. The molecule has 32 heavy (non-hydrogen) atoms. The number of carbonyl (C=O) groups excluding carboxylic acids is 2. The van der Waals surface area contributed by atoms with Gasteiger partial charge in [-0.1, -0.05) is 81.4 Å². The van der Waals surface area contributed by atoms with Crippen LogP contribution in [0.1, 0.15) is 51.8 Å². The summed E-state index contributed by atoms with van der Waals surface area (Å²) in [6.07, 6.45) is -1.03. The van der Waals surface area contributed by atoms with Crippen LogP contribution in [0.25, 0.3) is 0 Å². The summed E-state index contributed by atoms with van der Waals surface area (Å²) in [5.74, 6) is -0.986. The third-order valence-corrected chi connectivity index (χ3v) is 11.3. The summed E-state index contributed by atoms with van der Waals surface area (Å²) in [5.41, 5.74) is 1.95.